The molecule has 2 rings (SSSR count). The SMILES string of the molecule is NCC#Cc1cc(F)ccc1C(=O)Nc1ccccc1. The molecule has 2 aromatic carbocycles. The molecule has 0 saturated heterocycles. The van der Waals surface area contributed by atoms with Gasteiger partial charge < -0.3 is 11.1 Å². The van der Waals surface area contributed by atoms with E-state index in [1.165, 1.54) is 18.2 Å². The van der Waals surface area contributed by atoms with Gasteiger partial charge in [-0.25, -0.2) is 4.39 Å². The average Bonchev–Trinajstić information content (AvgIpc) is 2.46. The lowest BCUT2D eigenvalue weighted by atomic mass is 10.1. The molecule has 0 aromatic heterocycles. The quantitative estimate of drug-likeness (QED) is 0.822. The van der Waals surface area contributed by atoms with Crippen molar-refractivity contribution in [1.29, 1.82) is 0 Å². The van der Waals surface area contributed by atoms with Crippen LogP contribution in [-0.2, 0) is 0 Å². The van der Waals surface area contributed by atoms with Gasteiger partial charge in [0, 0.05) is 11.3 Å². The van der Waals surface area contributed by atoms with E-state index >= 15 is 0 Å². The van der Waals surface area contributed by atoms with Crippen molar-refractivity contribution >= 4 is 11.6 Å². The summed E-state index contributed by atoms with van der Waals surface area (Å²) in [7, 11) is 0. The highest BCUT2D eigenvalue weighted by atomic mass is 19.1. The second-order valence-corrected chi connectivity index (χ2v) is 4.02. The van der Waals surface area contributed by atoms with E-state index in [-0.39, 0.29) is 12.5 Å². The molecule has 100 valence electrons. The highest BCUT2D eigenvalue weighted by molar-refractivity contribution is 6.05. The van der Waals surface area contributed by atoms with Crippen LogP contribution in [0, 0.1) is 17.7 Å². The fourth-order valence-electron chi connectivity index (χ4n) is 1.68. The maximum Gasteiger partial charge on any atom is 0.256 e. The van der Waals surface area contributed by atoms with Gasteiger partial charge in [-0.05, 0) is 30.3 Å². The molecule has 0 fully saturated rings. The first-order valence-corrected chi connectivity index (χ1v) is 6.05. The van der Waals surface area contributed by atoms with E-state index in [1.54, 1.807) is 12.1 Å². The van der Waals surface area contributed by atoms with E-state index in [4.69, 9.17) is 5.73 Å². The van der Waals surface area contributed by atoms with Gasteiger partial charge in [-0.1, -0.05) is 30.0 Å². The van der Waals surface area contributed by atoms with Gasteiger partial charge in [0.1, 0.15) is 5.82 Å². The number of carbonyl (C=O) groups is 1. The summed E-state index contributed by atoms with van der Waals surface area (Å²) in [6, 6.07) is 12.9. The molecule has 0 heterocycles. The Kier molecular flexibility index (Phi) is 4.48. The van der Waals surface area contributed by atoms with Gasteiger partial charge in [-0.3, -0.25) is 4.79 Å². The van der Waals surface area contributed by atoms with E-state index in [0.717, 1.165) is 0 Å². The first-order valence-electron chi connectivity index (χ1n) is 6.05. The zero-order valence-corrected chi connectivity index (χ0v) is 10.7. The van der Waals surface area contributed by atoms with Crippen molar-refractivity contribution < 1.29 is 9.18 Å². The molecule has 0 aliphatic heterocycles. The molecule has 1 amide bonds. The van der Waals surface area contributed by atoms with Crippen molar-refractivity contribution in [2.45, 2.75) is 0 Å². The number of hydrogen-bond acceptors (Lipinski definition) is 2. The standard InChI is InChI=1S/C16H13FN2O/c17-13-8-9-15(12(11-13)5-4-10-18)16(20)19-14-6-2-1-3-7-14/h1-3,6-9,11H,10,18H2,(H,19,20). The van der Waals surface area contributed by atoms with Crippen LogP contribution >= 0.6 is 0 Å². The van der Waals surface area contributed by atoms with Gasteiger partial charge in [0.15, 0.2) is 0 Å². The maximum absolute atomic E-state index is 13.2. The lowest BCUT2D eigenvalue weighted by Gasteiger charge is -2.07. The van der Waals surface area contributed by atoms with Crippen LogP contribution in [0.5, 0.6) is 0 Å². The van der Waals surface area contributed by atoms with E-state index in [0.29, 0.717) is 16.8 Å². The topological polar surface area (TPSA) is 55.1 Å². The van der Waals surface area contributed by atoms with Gasteiger partial charge >= 0.3 is 0 Å². The van der Waals surface area contributed by atoms with Gasteiger partial charge in [0.05, 0.1) is 12.1 Å². The third-order valence-corrected chi connectivity index (χ3v) is 2.58. The second kappa shape index (κ2) is 6.50. The Morgan fingerprint density at radius 1 is 1.20 bits per heavy atom. The van der Waals surface area contributed by atoms with Crippen LogP contribution in [0.25, 0.3) is 0 Å². The number of nitrogens with two attached hydrogens (primary N) is 1. The third-order valence-electron chi connectivity index (χ3n) is 2.58. The van der Waals surface area contributed by atoms with E-state index in [2.05, 4.69) is 17.2 Å². The highest BCUT2D eigenvalue weighted by Gasteiger charge is 2.11. The normalized spacial score (nSPS) is 9.50. The second-order valence-electron chi connectivity index (χ2n) is 4.02. The molecule has 20 heavy (non-hydrogen) atoms. The molecule has 0 unspecified atom stereocenters. The van der Waals surface area contributed by atoms with Crippen LogP contribution in [-0.4, -0.2) is 12.5 Å². The number of halogens is 1. The molecule has 0 radical (unpaired) electrons. The summed E-state index contributed by atoms with van der Waals surface area (Å²) in [6.07, 6.45) is 0. The first-order chi connectivity index (χ1) is 9.70. The van der Waals surface area contributed by atoms with Crippen LogP contribution in [0.3, 0.4) is 0 Å². The predicted octanol–water partition coefficient (Wildman–Crippen LogP) is 2.39. The molecular weight excluding hydrogens is 255 g/mol. The van der Waals surface area contributed by atoms with Gasteiger partial charge in [-0.15, -0.1) is 0 Å². The molecule has 4 heteroatoms. The Bertz CT molecular complexity index is 672. The number of anilines is 1. The van der Waals surface area contributed by atoms with Crippen molar-refractivity contribution in [3.63, 3.8) is 0 Å². The number of benzene rings is 2. The van der Waals surface area contributed by atoms with Crippen molar-refractivity contribution in [2.24, 2.45) is 5.73 Å². The zero-order chi connectivity index (χ0) is 14.4. The van der Waals surface area contributed by atoms with Crippen LogP contribution in [0.4, 0.5) is 10.1 Å². The summed E-state index contributed by atoms with van der Waals surface area (Å²) in [6.45, 7) is 0.149. The Hall–Kier alpha value is -2.64. The van der Waals surface area contributed by atoms with Crippen molar-refractivity contribution in [2.75, 3.05) is 11.9 Å². The lowest BCUT2D eigenvalue weighted by Crippen LogP contribution is -2.13. The minimum Gasteiger partial charge on any atom is -0.322 e. The van der Waals surface area contributed by atoms with E-state index in [9.17, 15) is 9.18 Å². The van der Waals surface area contributed by atoms with Crippen LogP contribution in [0.1, 0.15) is 15.9 Å². The minimum absolute atomic E-state index is 0.149. The summed E-state index contributed by atoms with van der Waals surface area (Å²) >= 11 is 0. The summed E-state index contributed by atoms with van der Waals surface area (Å²) in [4.78, 5) is 12.2. The Balaban J connectivity index is 2.30. The summed E-state index contributed by atoms with van der Waals surface area (Å²) in [5, 5.41) is 2.73. The fraction of sp³-hybridized carbons (Fsp3) is 0.0625. The monoisotopic (exact) mass is 268 g/mol. The molecule has 0 saturated carbocycles. The average molecular weight is 268 g/mol. The zero-order valence-electron chi connectivity index (χ0n) is 10.7. The number of para-hydroxylation sites is 1. The number of carbonyl (C=O) groups excluding carboxylic acids is 1. The number of amides is 1. The van der Waals surface area contributed by atoms with Gasteiger partial charge in [0.2, 0.25) is 0 Å². The molecule has 0 spiro atoms. The van der Waals surface area contributed by atoms with Crippen LogP contribution < -0.4 is 11.1 Å². The molecule has 0 atom stereocenters. The van der Waals surface area contributed by atoms with E-state index < -0.39 is 5.82 Å². The predicted molar refractivity (Wildman–Crippen MR) is 76.7 cm³/mol. The van der Waals surface area contributed by atoms with Crippen LogP contribution in [0.15, 0.2) is 48.5 Å². The largest absolute Gasteiger partial charge is 0.322 e. The molecular formula is C16H13FN2O. The maximum atomic E-state index is 13.2. The molecule has 3 nitrogen and oxygen atoms in total. The lowest BCUT2D eigenvalue weighted by molar-refractivity contribution is 0.102. The van der Waals surface area contributed by atoms with Gasteiger partial charge in [0.25, 0.3) is 5.91 Å². The minimum atomic E-state index is -0.442. The highest BCUT2D eigenvalue weighted by Crippen LogP contribution is 2.13. The number of nitrogens with one attached hydrogen (secondary N) is 1. The molecule has 0 aliphatic rings. The summed E-state index contributed by atoms with van der Waals surface area (Å²) < 4.78 is 13.2. The molecule has 0 bridgehead atoms. The first kappa shape index (κ1) is 13.8. The smallest absolute Gasteiger partial charge is 0.256 e. The third kappa shape index (κ3) is 3.44. The molecule has 2 aromatic rings. The Labute approximate surface area is 116 Å². The van der Waals surface area contributed by atoms with Crippen LogP contribution in [0.2, 0.25) is 0 Å². The van der Waals surface area contributed by atoms with Gasteiger partial charge in [-0.2, -0.15) is 0 Å². The summed E-state index contributed by atoms with van der Waals surface area (Å²) in [5.41, 5.74) is 6.60. The van der Waals surface area contributed by atoms with Crippen molar-refractivity contribution in [3.8, 4) is 11.8 Å². The van der Waals surface area contributed by atoms with Crippen molar-refractivity contribution in [1.82, 2.24) is 0 Å². The number of hydrogen-bond donors (Lipinski definition) is 2. The summed E-state index contributed by atoms with van der Waals surface area (Å²) in [5.74, 6) is 4.55. The molecule has 3 N–H and O–H groups in total. The Morgan fingerprint density at radius 2 is 1.95 bits per heavy atom. The van der Waals surface area contributed by atoms with Crippen molar-refractivity contribution in [3.05, 3.63) is 65.5 Å². The Morgan fingerprint density at radius 3 is 2.65 bits per heavy atom. The molecule has 0 aliphatic carbocycles. The van der Waals surface area contributed by atoms with E-state index in [1.807, 2.05) is 18.2 Å². The fourth-order valence-corrected chi connectivity index (χ4v) is 1.68. The number of rotatable bonds is 2.